The molecule has 18 heavy (non-hydrogen) atoms. The van der Waals surface area contributed by atoms with Crippen LogP contribution < -0.4 is 0 Å². The molecule has 0 radical (unpaired) electrons. The molecular formula is C15H23ClN2. The summed E-state index contributed by atoms with van der Waals surface area (Å²) in [6.45, 7) is 6.75. The molecular weight excluding hydrogens is 244 g/mol. The van der Waals surface area contributed by atoms with E-state index in [0.717, 1.165) is 25.7 Å². The Bertz CT molecular complexity index is 457. The van der Waals surface area contributed by atoms with Crippen LogP contribution in [-0.4, -0.2) is 15.2 Å². The molecule has 3 heteroatoms. The van der Waals surface area contributed by atoms with Gasteiger partial charge in [0, 0.05) is 19.2 Å². The number of allylic oxidation sites excluding steroid dienone is 2. The zero-order valence-electron chi connectivity index (χ0n) is 11.8. The molecule has 1 aromatic heterocycles. The molecule has 0 aliphatic heterocycles. The molecule has 1 aliphatic rings. The minimum Gasteiger partial charge on any atom is -0.272 e. The van der Waals surface area contributed by atoms with Gasteiger partial charge in [0.05, 0.1) is 11.1 Å². The number of hydrogen-bond donors (Lipinski definition) is 0. The average Bonchev–Trinajstić information content (AvgIpc) is 2.56. The SMILES string of the molecule is CCc1cc(CC2=CC(Cl)CC(C)(C)C2)n(C)n1. The zero-order chi connectivity index (χ0) is 13.3. The van der Waals surface area contributed by atoms with Crippen molar-refractivity contribution in [3.05, 3.63) is 29.1 Å². The van der Waals surface area contributed by atoms with Crippen molar-refractivity contribution in [2.24, 2.45) is 12.5 Å². The second-order valence-electron chi connectivity index (χ2n) is 6.17. The fourth-order valence-corrected chi connectivity index (χ4v) is 3.45. The highest BCUT2D eigenvalue weighted by molar-refractivity contribution is 6.21. The normalized spacial score (nSPS) is 22.9. The number of nitrogens with zero attached hydrogens (tertiary/aromatic N) is 2. The Morgan fingerprint density at radius 3 is 2.78 bits per heavy atom. The van der Waals surface area contributed by atoms with Crippen LogP contribution in [0.4, 0.5) is 0 Å². The maximum Gasteiger partial charge on any atom is 0.0624 e. The summed E-state index contributed by atoms with van der Waals surface area (Å²) in [6.07, 6.45) is 6.44. The van der Waals surface area contributed by atoms with E-state index >= 15 is 0 Å². The van der Waals surface area contributed by atoms with Gasteiger partial charge in [-0.2, -0.15) is 5.10 Å². The molecule has 1 heterocycles. The van der Waals surface area contributed by atoms with E-state index in [1.54, 1.807) is 0 Å². The van der Waals surface area contributed by atoms with E-state index in [1.165, 1.54) is 17.0 Å². The molecule has 0 N–H and O–H groups in total. The van der Waals surface area contributed by atoms with Crippen molar-refractivity contribution in [3.63, 3.8) is 0 Å². The van der Waals surface area contributed by atoms with E-state index < -0.39 is 0 Å². The first-order valence-electron chi connectivity index (χ1n) is 6.75. The van der Waals surface area contributed by atoms with Crippen LogP contribution in [0.1, 0.15) is 45.0 Å². The molecule has 0 saturated carbocycles. The van der Waals surface area contributed by atoms with Crippen molar-refractivity contribution in [2.75, 3.05) is 0 Å². The monoisotopic (exact) mass is 266 g/mol. The molecule has 0 aromatic carbocycles. The van der Waals surface area contributed by atoms with Gasteiger partial charge in [-0.1, -0.05) is 32.4 Å². The molecule has 0 spiro atoms. The molecule has 1 unspecified atom stereocenters. The van der Waals surface area contributed by atoms with Gasteiger partial charge in [0.15, 0.2) is 0 Å². The van der Waals surface area contributed by atoms with Crippen molar-refractivity contribution >= 4 is 11.6 Å². The third-order valence-electron chi connectivity index (χ3n) is 3.67. The number of hydrogen-bond acceptors (Lipinski definition) is 1. The molecule has 2 nitrogen and oxygen atoms in total. The summed E-state index contributed by atoms with van der Waals surface area (Å²) in [5, 5.41) is 4.69. The van der Waals surface area contributed by atoms with Crippen molar-refractivity contribution in [3.8, 4) is 0 Å². The number of alkyl halides is 1. The Morgan fingerprint density at radius 2 is 2.22 bits per heavy atom. The number of aromatic nitrogens is 2. The number of rotatable bonds is 3. The van der Waals surface area contributed by atoms with Gasteiger partial charge in [-0.3, -0.25) is 4.68 Å². The van der Waals surface area contributed by atoms with Gasteiger partial charge < -0.3 is 0 Å². The number of halogens is 1. The summed E-state index contributed by atoms with van der Waals surface area (Å²) in [5.74, 6) is 0. The number of aryl methyl sites for hydroxylation is 2. The van der Waals surface area contributed by atoms with Crippen LogP contribution in [0, 0.1) is 5.41 Å². The highest BCUT2D eigenvalue weighted by Gasteiger charge is 2.27. The standard InChI is InChI=1S/C15H23ClN2/c1-5-13-8-14(18(4)17-13)7-11-6-12(16)10-15(2,3)9-11/h6,8,12H,5,7,9-10H2,1-4H3. The van der Waals surface area contributed by atoms with E-state index in [2.05, 4.69) is 38.0 Å². The van der Waals surface area contributed by atoms with Crippen LogP contribution in [0.25, 0.3) is 0 Å². The Balaban J connectivity index is 2.15. The Hall–Kier alpha value is -0.760. The molecule has 0 bridgehead atoms. The minimum atomic E-state index is 0.183. The Labute approximate surface area is 115 Å². The van der Waals surface area contributed by atoms with Crippen LogP contribution >= 0.6 is 11.6 Å². The van der Waals surface area contributed by atoms with E-state index in [-0.39, 0.29) is 5.38 Å². The lowest BCUT2D eigenvalue weighted by Crippen LogP contribution is -2.23. The van der Waals surface area contributed by atoms with E-state index in [9.17, 15) is 0 Å². The minimum absolute atomic E-state index is 0.183. The Kier molecular flexibility index (Phi) is 3.86. The fourth-order valence-electron chi connectivity index (χ4n) is 2.85. The summed E-state index contributed by atoms with van der Waals surface area (Å²) in [6, 6.07) is 2.21. The van der Waals surface area contributed by atoms with E-state index in [1.807, 2.05) is 11.7 Å². The first kappa shape index (κ1) is 13.7. The fraction of sp³-hybridized carbons (Fsp3) is 0.667. The lowest BCUT2D eigenvalue weighted by molar-refractivity contribution is 0.320. The van der Waals surface area contributed by atoms with Crippen LogP contribution in [0.2, 0.25) is 0 Å². The van der Waals surface area contributed by atoms with Gasteiger partial charge >= 0.3 is 0 Å². The molecule has 100 valence electrons. The van der Waals surface area contributed by atoms with Gasteiger partial charge in [-0.05, 0) is 30.7 Å². The topological polar surface area (TPSA) is 17.8 Å². The molecule has 0 saturated heterocycles. The summed E-state index contributed by atoms with van der Waals surface area (Å²) >= 11 is 6.34. The molecule has 2 rings (SSSR count). The molecule has 1 atom stereocenters. The summed E-state index contributed by atoms with van der Waals surface area (Å²) in [5.41, 5.74) is 4.24. The third-order valence-corrected chi connectivity index (χ3v) is 3.95. The van der Waals surface area contributed by atoms with E-state index in [4.69, 9.17) is 11.6 Å². The molecule has 1 aliphatic carbocycles. The zero-order valence-corrected chi connectivity index (χ0v) is 12.6. The van der Waals surface area contributed by atoms with Crippen molar-refractivity contribution in [1.29, 1.82) is 0 Å². The predicted octanol–water partition coefficient (Wildman–Crippen LogP) is 3.88. The maximum absolute atomic E-state index is 6.34. The largest absolute Gasteiger partial charge is 0.272 e. The third kappa shape index (κ3) is 3.17. The summed E-state index contributed by atoms with van der Waals surface area (Å²) < 4.78 is 2.00. The second-order valence-corrected chi connectivity index (χ2v) is 6.73. The van der Waals surface area contributed by atoms with Crippen LogP contribution in [0.5, 0.6) is 0 Å². The molecule has 1 aromatic rings. The van der Waals surface area contributed by atoms with Crippen LogP contribution in [-0.2, 0) is 19.9 Å². The highest BCUT2D eigenvalue weighted by Crippen LogP contribution is 2.38. The molecule has 0 amide bonds. The first-order valence-corrected chi connectivity index (χ1v) is 7.19. The second kappa shape index (κ2) is 5.08. The van der Waals surface area contributed by atoms with Crippen molar-refractivity contribution < 1.29 is 0 Å². The van der Waals surface area contributed by atoms with Crippen LogP contribution in [0.15, 0.2) is 17.7 Å². The van der Waals surface area contributed by atoms with Gasteiger partial charge in [0.25, 0.3) is 0 Å². The predicted molar refractivity (Wildman–Crippen MR) is 77.0 cm³/mol. The lowest BCUT2D eigenvalue weighted by Gasteiger charge is -2.32. The highest BCUT2D eigenvalue weighted by atomic mass is 35.5. The average molecular weight is 267 g/mol. The van der Waals surface area contributed by atoms with E-state index in [0.29, 0.717) is 5.41 Å². The van der Waals surface area contributed by atoms with Crippen LogP contribution in [0.3, 0.4) is 0 Å². The summed E-state index contributed by atoms with van der Waals surface area (Å²) in [7, 11) is 2.03. The first-order chi connectivity index (χ1) is 8.39. The quantitative estimate of drug-likeness (QED) is 0.600. The summed E-state index contributed by atoms with van der Waals surface area (Å²) in [4.78, 5) is 0. The van der Waals surface area contributed by atoms with Gasteiger partial charge in [0.2, 0.25) is 0 Å². The Morgan fingerprint density at radius 1 is 1.50 bits per heavy atom. The smallest absolute Gasteiger partial charge is 0.0624 e. The molecule has 0 fully saturated rings. The maximum atomic E-state index is 6.34. The van der Waals surface area contributed by atoms with Crippen molar-refractivity contribution in [1.82, 2.24) is 9.78 Å². The van der Waals surface area contributed by atoms with Gasteiger partial charge in [0.1, 0.15) is 0 Å². The van der Waals surface area contributed by atoms with Gasteiger partial charge in [-0.15, -0.1) is 11.6 Å². The lowest BCUT2D eigenvalue weighted by atomic mass is 9.76. The van der Waals surface area contributed by atoms with Gasteiger partial charge in [-0.25, -0.2) is 0 Å². The van der Waals surface area contributed by atoms with Crippen molar-refractivity contribution in [2.45, 2.75) is 51.8 Å².